The Bertz CT molecular complexity index is 805. The normalized spacial score (nSPS) is 14.3. The molecule has 0 radical (unpaired) electrons. The van der Waals surface area contributed by atoms with Crippen molar-refractivity contribution in [2.75, 3.05) is 51.0 Å². The number of carbonyl (C=O) groups is 1. The molecule has 3 rings (SSSR count). The van der Waals surface area contributed by atoms with E-state index < -0.39 is 0 Å². The maximum atomic E-state index is 12.9. The highest BCUT2D eigenvalue weighted by Crippen LogP contribution is 2.31. The van der Waals surface area contributed by atoms with Gasteiger partial charge in [0.1, 0.15) is 11.5 Å². The van der Waals surface area contributed by atoms with Gasteiger partial charge in [0, 0.05) is 32.2 Å². The lowest BCUT2D eigenvalue weighted by Gasteiger charge is -2.36. The van der Waals surface area contributed by atoms with Crippen LogP contribution in [0.3, 0.4) is 0 Å². The summed E-state index contributed by atoms with van der Waals surface area (Å²) in [6.07, 6.45) is 0. The fourth-order valence-electron chi connectivity index (χ4n) is 3.12. The van der Waals surface area contributed by atoms with E-state index in [0.29, 0.717) is 35.1 Å². The highest BCUT2D eigenvalue weighted by Gasteiger charge is 2.26. The highest BCUT2D eigenvalue weighted by atomic mass is 35.5. The van der Waals surface area contributed by atoms with Crippen molar-refractivity contribution in [3.8, 4) is 11.5 Å². The van der Waals surface area contributed by atoms with E-state index >= 15 is 0 Å². The van der Waals surface area contributed by atoms with Crippen molar-refractivity contribution in [2.24, 2.45) is 0 Å². The zero-order valence-corrected chi connectivity index (χ0v) is 15.6. The minimum Gasteiger partial charge on any atom is -0.496 e. The first-order valence-electron chi connectivity index (χ1n) is 8.35. The van der Waals surface area contributed by atoms with Gasteiger partial charge in [0.2, 0.25) is 0 Å². The van der Waals surface area contributed by atoms with Gasteiger partial charge in [0.15, 0.2) is 0 Å². The van der Waals surface area contributed by atoms with Crippen LogP contribution in [0.4, 0.5) is 11.4 Å². The van der Waals surface area contributed by atoms with E-state index in [4.69, 9.17) is 26.8 Å². The van der Waals surface area contributed by atoms with Gasteiger partial charge in [0.25, 0.3) is 5.91 Å². The number of hydrogen-bond donors (Lipinski definition) is 1. The van der Waals surface area contributed by atoms with Crippen LogP contribution < -0.4 is 20.1 Å². The highest BCUT2D eigenvalue weighted by molar-refractivity contribution is 6.33. The fraction of sp³-hybridized carbons (Fsp3) is 0.316. The number of nitrogens with zero attached hydrogens (tertiary/aromatic N) is 2. The van der Waals surface area contributed by atoms with E-state index in [2.05, 4.69) is 4.90 Å². The molecule has 1 fully saturated rings. The zero-order chi connectivity index (χ0) is 18.7. The molecule has 2 aromatic rings. The number of methoxy groups -OCH3 is 2. The second-order valence-electron chi connectivity index (χ2n) is 6.03. The van der Waals surface area contributed by atoms with Crippen molar-refractivity contribution < 1.29 is 14.3 Å². The largest absolute Gasteiger partial charge is 0.496 e. The maximum Gasteiger partial charge on any atom is 0.257 e. The Balaban J connectivity index is 1.74. The number of nitrogen functional groups attached to an aromatic ring is 1. The zero-order valence-electron chi connectivity index (χ0n) is 14.9. The van der Waals surface area contributed by atoms with E-state index in [1.807, 2.05) is 24.3 Å². The number of nitrogens with two attached hydrogens (primary N) is 1. The first-order chi connectivity index (χ1) is 12.5. The number of carbonyl (C=O) groups excluding carboxylic acids is 1. The molecule has 1 saturated heterocycles. The Morgan fingerprint density at radius 2 is 1.69 bits per heavy atom. The quantitative estimate of drug-likeness (QED) is 0.832. The lowest BCUT2D eigenvalue weighted by atomic mass is 10.1. The summed E-state index contributed by atoms with van der Waals surface area (Å²) in [4.78, 5) is 16.9. The summed E-state index contributed by atoms with van der Waals surface area (Å²) in [5, 5.41) is 0.349. The van der Waals surface area contributed by atoms with Crippen molar-refractivity contribution in [1.29, 1.82) is 0 Å². The van der Waals surface area contributed by atoms with Gasteiger partial charge in [-0.2, -0.15) is 0 Å². The number of ether oxygens (including phenoxy) is 2. The Hall–Kier alpha value is -2.60. The average molecular weight is 376 g/mol. The lowest BCUT2D eigenvalue weighted by Crippen LogP contribution is -2.49. The molecule has 2 N–H and O–H groups in total. The van der Waals surface area contributed by atoms with Crippen molar-refractivity contribution in [3.05, 3.63) is 47.0 Å². The average Bonchev–Trinajstić information content (AvgIpc) is 2.69. The number of hydrogen-bond acceptors (Lipinski definition) is 5. The van der Waals surface area contributed by atoms with Gasteiger partial charge in [-0.05, 0) is 18.2 Å². The van der Waals surface area contributed by atoms with E-state index in [-0.39, 0.29) is 5.91 Å². The molecule has 2 aromatic carbocycles. The second-order valence-corrected chi connectivity index (χ2v) is 6.43. The Morgan fingerprint density at radius 1 is 1.04 bits per heavy atom. The molecule has 26 heavy (non-hydrogen) atoms. The van der Waals surface area contributed by atoms with Crippen molar-refractivity contribution >= 4 is 28.9 Å². The standard InChI is InChI=1S/C19H22ClN3O3/c1-25-17-6-4-3-5-16(17)22-7-9-23(10-8-22)19(24)13-11-14(20)15(21)12-18(13)26-2/h3-6,11-12H,7-10,21H2,1-2H3. The van der Waals surface area contributed by atoms with Crippen LogP contribution in [-0.4, -0.2) is 51.2 Å². The third-order valence-electron chi connectivity index (χ3n) is 4.54. The third kappa shape index (κ3) is 3.51. The van der Waals surface area contributed by atoms with Crippen LogP contribution >= 0.6 is 11.6 Å². The topological polar surface area (TPSA) is 68.0 Å². The van der Waals surface area contributed by atoms with Gasteiger partial charge in [-0.25, -0.2) is 0 Å². The van der Waals surface area contributed by atoms with Crippen molar-refractivity contribution in [2.45, 2.75) is 0 Å². The predicted octanol–water partition coefficient (Wildman–Crippen LogP) is 2.90. The Kier molecular flexibility index (Phi) is 5.42. The molecule has 0 saturated carbocycles. The minimum absolute atomic E-state index is 0.108. The van der Waals surface area contributed by atoms with Gasteiger partial charge < -0.3 is 25.0 Å². The van der Waals surface area contributed by atoms with Crippen molar-refractivity contribution in [1.82, 2.24) is 4.90 Å². The predicted molar refractivity (Wildman–Crippen MR) is 104 cm³/mol. The van der Waals surface area contributed by atoms with Crippen LogP contribution in [0, 0.1) is 0 Å². The molecule has 0 bridgehead atoms. The minimum atomic E-state index is -0.108. The molecule has 1 aliphatic rings. The van der Waals surface area contributed by atoms with Crippen LogP contribution in [0.25, 0.3) is 0 Å². The molecular formula is C19H22ClN3O3. The number of halogens is 1. The van der Waals surface area contributed by atoms with Crippen LogP contribution in [0.2, 0.25) is 5.02 Å². The molecule has 0 atom stereocenters. The molecule has 0 aromatic heterocycles. The SMILES string of the molecule is COc1cc(N)c(Cl)cc1C(=O)N1CCN(c2ccccc2OC)CC1. The molecule has 6 nitrogen and oxygen atoms in total. The lowest BCUT2D eigenvalue weighted by molar-refractivity contribution is 0.0743. The monoisotopic (exact) mass is 375 g/mol. The molecule has 1 heterocycles. The van der Waals surface area contributed by atoms with Crippen LogP contribution in [0.15, 0.2) is 36.4 Å². The molecule has 7 heteroatoms. The number of benzene rings is 2. The maximum absolute atomic E-state index is 12.9. The van der Waals surface area contributed by atoms with Gasteiger partial charge in [-0.15, -0.1) is 0 Å². The number of amides is 1. The molecule has 0 aliphatic carbocycles. The summed E-state index contributed by atoms with van der Waals surface area (Å²) in [6.45, 7) is 2.64. The number of piperazine rings is 1. The van der Waals surface area contributed by atoms with Gasteiger partial charge >= 0.3 is 0 Å². The van der Waals surface area contributed by atoms with Crippen LogP contribution in [0.5, 0.6) is 11.5 Å². The first kappa shape index (κ1) is 18.2. The number of rotatable bonds is 4. The van der Waals surface area contributed by atoms with E-state index in [0.717, 1.165) is 24.5 Å². The summed E-state index contributed by atoms with van der Waals surface area (Å²) >= 11 is 6.09. The summed E-state index contributed by atoms with van der Waals surface area (Å²) in [5.74, 6) is 1.16. The number of anilines is 2. The van der Waals surface area contributed by atoms with E-state index in [9.17, 15) is 4.79 Å². The summed E-state index contributed by atoms with van der Waals surface area (Å²) in [7, 11) is 3.18. The summed E-state index contributed by atoms with van der Waals surface area (Å²) in [6, 6.07) is 11.0. The third-order valence-corrected chi connectivity index (χ3v) is 4.87. The van der Waals surface area contributed by atoms with E-state index in [1.165, 1.54) is 7.11 Å². The van der Waals surface area contributed by atoms with Gasteiger partial charge in [-0.1, -0.05) is 23.7 Å². The van der Waals surface area contributed by atoms with Gasteiger partial charge in [-0.3, -0.25) is 4.79 Å². The Labute approximate surface area is 158 Å². The fourth-order valence-corrected chi connectivity index (χ4v) is 3.28. The van der Waals surface area contributed by atoms with Gasteiger partial charge in [0.05, 0.1) is 36.2 Å². The molecule has 0 unspecified atom stereocenters. The molecular weight excluding hydrogens is 354 g/mol. The Morgan fingerprint density at radius 3 is 2.35 bits per heavy atom. The number of para-hydroxylation sites is 2. The van der Waals surface area contributed by atoms with E-state index in [1.54, 1.807) is 24.1 Å². The molecule has 138 valence electrons. The molecule has 1 amide bonds. The molecule has 1 aliphatic heterocycles. The summed E-state index contributed by atoms with van der Waals surface area (Å²) in [5.41, 5.74) is 7.65. The van der Waals surface area contributed by atoms with Crippen LogP contribution in [-0.2, 0) is 0 Å². The summed E-state index contributed by atoms with van der Waals surface area (Å²) < 4.78 is 10.7. The second kappa shape index (κ2) is 7.74. The smallest absolute Gasteiger partial charge is 0.257 e. The first-order valence-corrected chi connectivity index (χ1v) is 8.73. The van der Waals surface area contributed by atoms with Crippen molar-refractivity contribution in [3.63, 3.8) is 0 Å². The van der Waals surface area contributed by atoms with Crippen LogP contribution in [0.1, 0.15) is 10.4 Å². The molecule has 0 spiro atoms.